The first-order valence-electron chi connectivity index (χ1n) is 6.26. The van der Waals surface area contributed by atoms with Gasteiger partial charge in [-0.2, -0.15) is 0 Å². The molecule has 18 heavy (non-hydrogen) atoms. The molecule has 0 bridgehead atoms. The maximum Gasteiger partial charge on any atom is 0.236 e. The highest BCUT2D eigenvalue weighted by atomic mass is 16.3. The topological polar surface area (TPSA) is 61.4 Å². The molecule has 4 nitrogen and oxygen atoms in total. The van der Waals surface area contributed by atoms with Crippen molar-refractivity contribution in [3.8, 4) is 0 Å². The molecule has 2 unspecified atom stereocenters. The Bertz CT molecular complexity index is 377. The fourth-order valence-electron chi connectivity index (χ4n) is 1.67. The van der Waals surface area contributed by atoms with Crippen LogP contribution in [0.5, 0.6) is 0 Å². The van der Waals surface area contributed by atoms with Gasteiger partial charge in [0.05, 0.1) is 11.6 Å². The SMILES string of the molecule is CCNC(=O)C(C)NCC(C)(O)c1ccccc1. The quantitative estimate of drug-likeness (QED) is 0.706. The van der Waals surface area contributed by atoms with Crippen LogP contribution in [-0.2, 0) is 10.4 Å². The second-order valence-electron chi connectivity index (χ2n) is 4.64. The van der Waals surface area contributed by atoms with Crippen molar-refractivity contribution < 1.29 is 9.90 Å². The third kappa shape index (κ3) is 4.13. The van der Waals surface area contributed by atoms with Gasteiger partial charge in [0.25, 0.3) is 0 Å². The molecule has 0 spiro atoms. The van der Waals surface area contributed by atoms with E-state index in [0.717, 1.165) is 5.56 Å². The van der Waals surface area contributed by atoms with Crippen LogP contribution in [0.15, 0.2) is 30.3 Å². The van der Waals surface area contributed by atoms with E-state index in [2.05, 4.69) is 10.6 Å². The standard InChI is InChI=1S/C14H22N2O2/c1-4-15-13(17)11(2)16-10-14(3,18)12-8-6-5-7-9-12/h5-9,11,16,18H,4,10H2,1-3H3,(H,15,17). The molecule has 1 rings (SSSR count). The van der Waals surface area contributed by atoms with Gasteiger partial charge >= 0.3 is 0 Å². The summed E-state index contributed by atoms with van der Waals surface area (Å²) in [6.07, 6.45) is 0. The Kier molecular flexibility index (Phi) is 5.31. The molecule has 0 aliphatic carbocycles. The summed E-state index contributed by atoms with van der Waals surface area (Å²) in [6, 6.07) is 9.11. The molecule has 0 saturated carbocycles. The van der Waals surface area contributed by atoms with E-state index in [1.807, 2.05) is 37.3 Å². The molecule has 4 heteroatoms. The molecule has 0 aromatic heterocycles. The summed E-state index contributed by atoms with van der Waals surface area (Å²) in [4.78, 5) is 11.5. The van der Waals surface area contributed by atoms with Gasteiger partial charge in [-0.1, -0.05) is 30.3 Å². The summed E-state index contributed by atoms with van der Waals surface area (Å²) in [6.45, 7) is 6.34. The van der Waals surface area contributed by atoms with Crippen LogP contribution in [0.2, 0.25) is 0 Å². The van der Waals surface area contributed by atoms with Crippen LogP contribution in [0.3, 0.4) is 0 Å². The lowest BCUT2D eigenvalue weighted by Crippen LogP contribution is -2.47. The van der Waals surface area contributed by atoms with E-state index in [-0.39, 0.29) is 11.9 Å². The number of likely N-dealkylation sites (N-methyl/N-ethyl adjacent to an activating group) is 1. The van der Waals surface area contributed by atoms with Crippen molar-refractivity contribution in [1.29, 1.82) is 0 Å². The van der Waals surface area contributed by atoms with Gasteiger partial charge in [-0.25, -0.2) is 0 Å². The van der Waals surface area contributed by atoms with Crippen molar-refractivity contribution in [3.63, 3.8) is 0 Å². The molecular formula is C14H22N2O2. The molecule has 1 amide bonds. The number of aliphatic hydroxyl groups is 1. The van der Waals surface area contributed by atoms with Crippen LogP contribution < -0.4 is 10.6 Å². The highest BCUT2D eigenvalue weighted by Crippen LogP contribution is 2.18. The first-order chi connectivity index (χ1) is 8.47. The molecule has 0 aliphatic heterocycles. The lowest BCUT2D eigenvalue weighted by molar-refractivity contribution is -0.122. The summed E-state index contributed by atoms with van der Waals surface area (Å²) in [5.74, 6) is -0.0543. The van der Waals surface area contributed by atoms with Gasteiger partial charge in [-0.3, -0.25) is 4.79 Å². The van der Waals surface area contributed by atoms with Crippen LogP contribution in [-0.4, -0.2) is 30.1 Å². The van der Waals surface area contributed by atoms with Gasteiger partial charge in [0.1, 0.15) is 0 Å². The third-order valence-electron chi connectivity index (χ3n) is 2.89. The van der Waals surface area contributed by atoms with Crippen molar-refractivity contribution in [2.24, 2.45) is 0 Å². The van der Waals surface area contributed by atoms with Crippen LogP contribution in [0.1, 0.15) is 26.3 Å². The smallest absolute Gasteiger partial charge is 0.236 e. The maximum absolute atomic E-state index is 11.5. The normalized spacial score (nSPS) is 15.8. The number of hydrogen-bond donors (Lipinski definition) is 3. The Hall–Kier alpha value is -1.39. The third-order valence-corrected chi connectivity index (χ3v) is 2.89. The molecule has 1 aromatic rings. The van der Waals surface area contributed by atoms with E-state index >= 15 is 0 Å². The number of nitrogens with one attached hydrogen (secondary N) is 2. The molecule has 0 radical (unpaired) electrons. The van der Waals surface area contributed by atoms with Gasteiger partial charge in [0, 0.05) is 13.1 Å². The largest absolute Gasteiger partial charge is 0.384 e. The zero-order valence-electron chi connectivity index (χ0n) is 11.2. The Balaban J connectivity index is 2.54. The lowest BCUT2D eigenvalue weighted by atomic mass is 9.96. The second kappa shape index (κ2) is 6.52. The Morgan fingerprint density at radius 2 is 2.00 bits per heavy atom. The van der Waals surface area contributed by atoms with Gasteiger partial charge in [0.15, 0.2) is 0 Å². The van der Waals surface area contributed by atoms with Crippen molar-refractivity contribution in [3.05, 3.63) is 35.9 Å². The maximum atomic E-state index is 11.5. The molecule has 1 aromatic carbocycles. The van der Waals surface area contributed by atoms with Gasteiger partial charge < -0.3 is 15.7 Å². The second-order valence-corrected chi connectivity index (χ2v) is 4.64. The fourth-order valence-corrected chi connectivity index (χ4v) is 1.67. The van der Waals surface area contributed by atoms with Gasteiger partial charge in [0.2, 0.25) is 5.91 Å². The molecule has 3 N–H and O–H groups in total. The Morgan fingerprint density at radius 3 is 2.56 bits per heavy atom. The van der Waals surface area contributed by atoms with Crippen molar-refractivity contribution in [2.75, 3.05) is 13.1 Å². The monoisotopic (exact) mass is 250 g/mol. The fraction of sp³-hybridized carbons (Fsp3) is 0.500. The molecule has 2 atom stereocenters. The van der Waals surface area contributed by atoms with E-state index < -0.39 is 5.60 Å². The number of amides is 1. The molecular weight excluding hydrogens is 228 g/mol. The van der Waals surface area contributed by atoms with Crippen molar-refractivity contribution in [1.82, 2.24) is 10.6 Å². The van der Waals surface area contributed by atoms with E-state index in [1.54, 1.807) is 13.8 Å². The molecule has 0 aliphatic rings. The minimum Gasteiger partial charge on any atom is -0.384 e. The summed E-state index contributed by atoms with van der Waals surface area (Å²) >= 11 is 0. The minimum atomic E-state index is -0.984. The summed E-state index contributed by atoms with van der Waals surface area (Å²) in [7, 11) is 0. The summed E-state index contributed by atoms with van der Waals surface area (Å²) in [5, 5.41) is 16.1. The Morgan fingerprint density at radius 1 is 1.39 bits per heavy atom. The van der Waals surface area contributed by atoms with Crippen LogP contribution in [0.25, 0.3) is 0 Å². The van der Waals surface area contributed by atoms with Crippen molar-refractivity contribution >= 4 is 5.91 Å². The van der Waals surface area contributed by atoms with E-state index in [9.17, 15) is 9.90 Å². The Labute approximate surface area is 108 Å². The highest BCUT2D eigenvalue weighted by Gasteiger charge is 2.24. The average Bonchev–Trinajstić information content (AvgIpc) is 2.37. The number of benzene rings is 1. The van der Waals surface area contributed by atoms with E-state index in [0.29, 0.717) is 13.1 Å². The zero-order chi connectivity index (χ0) is 13.6. The molecule has 0 heterocycles. The molecule has 0 fully saturated rings. The van der Waals surface area contributed by atoms with E-state index in [1.165, 1.54) is 0 Å². The number of carbonyl (C=O) groups excluding carboxylic acids is 1. The van der Waals surface area contributed by atoms with E-state index in [4.69, 9.17) is 0 Å². The zero-order valence-corrected chi connectivity index (χ0v) is 11.2. The minimum absolute atomic E-state index is 0.0543. The summed E-state index contributed by atoms with van der Waals surface area (Å²) in [5.41, 5.74) is -0.150. The number of rotatable bonds is 6. The first kappa shape index (κ1) is 14.7. The number of hydrogen-bond acceptors (Lipinski definition) is 3. The predicted octanol–water partition coefficient (Wildman–Crippen LogP) is 1.01. The molecule has 0 saturated heterocycles. The molecule has 100 valence electrons. The van der Waals surface area contributed by atoms with Crippen LogP contribution >= 0.6 is 0 Å². The predicted molar refractivity (Wildman–Crippen MR) is 72.2 cm³/mol. The van der Waals surface area contributed by atoms with Crippen LogP contribution in [0.4, 0.5) is 0 Å². The van der Waals surface area contributed by atoms with Gasteiger partial charge in [-0.15, -0.1) is 0 Å². The highest BCUT2D eigenvalue weighted by molar-refractivity contribution is 5.81. The summed E-state index contributed by atoms with van der Waals surface area (Å²) < 4.78 is 0. The van der Waals surface area contributed by atoms with Gasteiger partial charge in [-0.05, 0) is 26.3 Å². The average molecular weight is 250 g/mol. The van der Waals surface area contributed by atoms with Crippen molar-refractivity contribution in [2.45, 2.75) is 32.4 Å². The number of carbonyl (C=O) groups is 1. The van der Waals surface area contributed by atoms with Crippen LogP contribution in [0, 0.1) is 0 Å². The lowest BCUT2D eigenvalue weighted by Gasteiger charge is -2.26. The first-order valence-corrected chi connectivity index (χ1v) is 6.26.